The van der Waals surface area contributed by atoms with E-state index in [0.717, 1.165) is 11.1 Å². The number of ether oxygens (including phenoxy) is 2. The third kappa shape index (κ3) is 2.26. The third-order valence-corrected chi connectivity index (χ3v) is 3.95. The van der Waals surface area contributed by atoms with Gasteiger partial charge in [0.25, 0.3) is 0 Å². The highest BCUT2D eigenvalue weighted by Gasteiger charge is 2.40. The summed E-state index contributed by atoms with van der Waals surface area (Å²) in [6.07, 6.45) is 0. The predicted molar refractivity (Wildman–Crippen MR) is 81.0 cm³/mol. The Morgan fingerprint density at radius 1 is 1.00 bits per heavy atom. The zero-order valence-electron chi connectivity index (χ0n) is 12.4. The third-order valence-electron chi connectivity index (χ3n) is 3.95. The van der Waals surface area contributed by atoms with Gasteiger partial charge in [-0.25, -0.2) is 0 Å². The maximum atomic E-state index is 12.2. The Morgan fingerprint density at radius 3 is 1.95 bits per heavy atom. The van der Waals surface area contributed by atoms with Crippen molar-refractivity contribution < 1.29 is 19.1 Å². The van der Waals surface area contributed by atoms with Gasteiger partial charge in [-0.15, -0.1) is 0 Å². The lowest BCUT2D eigenvalue weighted by atomic mass is 9.77. The molecule has 112 valence electrons. The summed E-state index contributed by atoms with van der Waals surface area (Å²) in [6.45, 7) is 1.42. The molecule has 0 saturated heterocycles. The first kappa shape index (κ1) is 14.3. The number of hydrogen-bond acceptors (Lipinski definition) is 4. The van der Waals surface area contributed by atoms with Crippen LogP contribution in [0.1, 0.15) is 24.0 Å². The zero-order chi connectivity index (χ0) is 15.7. The average molecular weight is 296 g/mol. The molecule has 0 amide bonds. The van der Waals surface area contributed by atoms with Gasteiger partial charge in [-0.2, -0.15) is 0 Å². The SMILES string of the molecule is COC(=O)[C@H](C(C)=O)C1c2ccccc2Oc2ccccc21. The second kappa shape index (κ2) is 5.64. The van der Waals surface area contributed by atoms with Crippen LogP contribution in [0.4, 0.5) is 0 Å². The van der Waals surface area contributed by atoms with Gasteiger partial charge in [-0.1, -0.05) is 36.4 Å². The van der Waals surface area contributed by atoms with Gasteiger partial charge in [0.2, 0.25) is 0 Å². The largest absolute Gasteiger partial charge is 0.468 e. The highest BCUT2D eigenvalue weighted by molar-refractivity contribution is 5.99. The van der Waals surface area contributed by atoms with Gasteiger partial charge in [0.1, 0.15) is 23.2 Å². The number of carbonyl (C=O) groups is 2. The van der Waals surface area contributed by atoms with Crippen LogP contribution in [0.15, 0.2) is 48.5 Å². The molecule has 0 saturated carbocycles. The minimum atomic E-state index is -0.879. The number of rotatable bonds is 3. The van der Waals surface area contributed by atoms with E-state index in [-0.39, 0.29) is 5.78 Å². The van der Waals surface area contributed by atoms with Crippen molar-refractivity contribution in [1.82, 2.24) is 0 Å². The molecule has 4 heteroatoms. The molecule has 4 nitrogen and oxygen atoms in total. The fraction of sp³-hybridized carbons (Fsp3) is 0.222. The highest BCUT2D eigenvalue weighted by atomic mass is 16.5. The molecule has 2 aromatic carbocycles. The first-order valence-corrected chi connectivity index (χ1v) is 7.07. The van der Waals surface area contributed by atoms with Crippen LogP contribution in [0.25, 0.3) is 0 Å². The maximum Gasteiger partial charge on any atom is 0.317 e. The molecule has 0 spiro atoms. The van der Waals surface area contributed by atoms with Crippen LogP contribution in [-0.2, 0) is 14.3 Å². The number of benzene rings is 2. The van der Waals surface area contributed by atoms with Crippen molar-refractivity contribution in [3.05, 3.63) is 59.7 Å². The molecule has 0 aromatic heterocycles. The molecular weight excluding hydrogens is 280 g/mol. The Bertz CT molecular complexity index is 690. The zero-order valence-corrected chi connectivity index (χ0v) is 12.4. The monoisotopic (exact) mass is 296 g/mol. The molecule has 0 N–H and O–H groups in total. The summed E-state index contributed by atoms with van der Waals surface area (Å²) < 4.78 is 10.7. The number of fused-ring (bicyclic) bond motifs is 2. The maximum absolute atomic E-state index is 12.2. The number of esters is 1. The van der Waals surface area contributed by atoms with Crippen molar-refractivity contribution in [3.8, 4) is 11.5 Å². The fourth-order valence-electron chi connectivity index (χ4n) is 2.97. The van der Waals surface area contributed by atoms with Crippen LogP contribution < -0.4 is 4.74 Å². The van der Waals surface area contributed by atoms with Crippen LogP contribution in [0.2, 0.25) is 0 Å². The Balaban J connectivity index is 2.21. The Labute approximate surface area is 128 Å². The Hall–Kier alpha value is -2.62. The van der Waals surface area contributed by atoms with Crippen molar-refractivity contribution >= 4 is 11.8 Å². The molecular formula is C18H16O4. The summed E-state index contributed by atoms with van der Waals surface area (Å²) in [6, 6.07) is 14.9. The number of methoxy groups -OCH3 is 1. The van der Waals surface area contributed by atoms with E-state index in [9.17, 15) is 9.59 Å². The van der Waals surface area contributed by atoms with Gasteiger partial charge in [-0.3, -0.25) is 9.59 Å². The van der Waals surface area contributed by atoms with E-state index in [2.05, 4.69) is 0 Å². The van der Waals surface area contributed by atoms with E-state index in [1.54, 1.807) is 0 Å². The highest BCUT2D eigenvalue weighted by Crippen LogP contribution is 2.47. The van der Waals surface area contributed by atoms with Gasteiger partial charge < -0.3 is 9.47 Å². The summed E-state index contributed by atoms with van der Waals surface area (Å²) in [5.74, 6) is -0.683. The van der Waals surface area contributed by atoms with Crippen LogP contribution in [-0.4, -0.2) is 18.9 Å². The Kier molecular flexibility index (Phi) is 3.67. The lowest BCUT2D eigenvalue weighted by molar-refractivity contribution is -0.149. The summed E-state index contributed by atoms with van der Waals surface area (Å²) in [5.41, 5.74) is 1.65. The van der Waals surface area contributed by atoms with Crippen molar-refractivity contribution in [1.29, 1.82) is 0 Å². The van der Waals surface area contributed by atoms with Gasteiger partial charge >= 0.3 is 5.97 Å². The molecule has 1 aliphatic heterocycles. The van der Waals surface area contributed by atoms with E-state index in [4.69, 9.17) is 9.47 Å². The fourth-order valence-corrected chi connectivity index (χ4v) is 2.97. The molecule has 0 fully saturated rings. The molecule has 0 aliphatic carbocycles. The molecule has 1 aliphatic rings. The van der Waals surface area contributed by atoms with E-state index < -0.39 is 17.8 Å². The molecule has 1 heterocycles. The number of carbonyl (C=O) groups excluding carboxylic acids is 2. The predicted octanol–water partition coefficient (Wildman–Crippen LogP) is 3.30. The van der Waals surface area contributed by atoms with Crippen molar-refractivity contribution in [2.45, 2.75) is 12.8 Å². The van der Waals surface area contributed by atoms with Crippen molar-refractivity contribution in [2.75, 3.05) is 7.11 Å². The summed E-state index contributed by atoms with van der Waals surface area (Å²) in [4.78, 5) is 24.3. The standard InChI is InChI=1S/C18H16O4/c1-11(19)16(18(20)21-2)17-12-7-3-5-9-14(12)22-15-10-6-4-8-13(15)17/h3-10,16-17H,1-2H3/t16-/m1/s1. The average Bonchev–Trinajstić information content (AvgIpc) is 2.54. The summed E-state index contributed by atoms with van der Waals surface area (Å²) in [5, 5.41) is 0. The second-order valence-electron chi connectivity index (χ2n) is 5.27. The van der Waals surface area contributed by atoms with Crippen LogP contribution >= 0.6 is 0 Å². The van der Waals surface area contributed by atoms with Crippen LogP contribution in [0.3, 0.4) is 0 Å². The van der Waals surface area contributed by atoms with E-state index in [1.807, 2.05) is 48.5 Å². The van der Waals surface area contributed by atoms with E-state index >= 15 is 0 Å². The number of Topliss-reactive ketones (excluding diaryl/α,β-unsaturated/α-hetero) is 1. The first-order valence-electron chi connectivity index (χ1n) is 7.07. The van der Waals surface area contributed by atoms with Crippen LogP contribution in [0, 0.1) is 5.92 Å². The van der Waals surface area contributed by atoms with E-state index in [1.165, 1.54) is 14.0 Å². The van der Waals surface area contributed by atoms with Gasteiger partial charge in [-0.05, 0) is 19.1 Å². The molecule has 1 atom stereocenters. The topological polar surface area (TPSA) is 52.6 Å². The summed E-state index contributed by atoms with van der Waals surface area (Å²) >= 11 is 0. The lowest BCUT2D eigenvalue weighted by Crippen LogP contribution is -2.32. The molecule has 2 aromatic rings. The molecule has 0 unspecified atom stereocenters. The smallest absolute Gasteiger partial charge is 0.317 e. The van der Waals surface area contributed by atoms with Crippen molar-refractivity contribution in [2.24, 2.45) is 5.92 Å². The normalized spacial score (nSPS) is 14.3. The van der Waals surface area contributed by atoms with E-state index in [0.29, 0.717) is 11.5 Å². The van der Waals surface area contributed by atoms with Gasteiger partial charge in [0.15, 0.2) is 0 Å². The quantitative estimate of drug-likeness (QED) is 0.644. The first-order chi connectivity index (χ1) is 10.6. The number of hydrogen-bond donors (Lipinski definition) is 0. The Morgan fingerprint density at radius 2 is 1.50 bits per heavy atom. The van der Waals surface area contributed by atoms with Crippen LogP contribution in [0.5, 0.6) is 11.5 Å². The summed E-state index contributed by atoms with van der Waals surface area (Å²) in [7, 11) is 1.30. The number of ketones is 1. The van der Waals surface area contributed by atoms with Gasteiger partial charge in [0, 0.05) is 17.0 Å². The second-order valence-corrected chi connectivity index (χ2v) is 5.27. The molecule has 0 radical (unpaired) electrons. The van der Waals surface area contributed by atoms with Gasteiger partial charge in [0.05, 0.1) is 7.11 Å². The van der Waals surface area contributed by atoms with Crippen molar-refractivity contribution in [3.63, 3.8) is 0 Å². The molecule has 22 heavy (non-hydrogen) atoms. The lowest BCUT2D eigenvalue weighted by Gasteiger charge is -2.31. The minimum Gasteiger partial charge on any atom is -0.468 e. The minimum absolute atomic E-state index is 0.219. The molecule has 0 bridgehead atoms. The molecule has 3 rings (SSSR count). The number of para-hydroxylation sites is 2.